The molecular formula is C25H27BrN2O5S. The number of ether oxygens (including phenoxy) is 2. The minimum atomic E-state index is -4.02. The fourth-order valence-corrected chi connectivity index (χ4v) is 5.13. The maximum Gasteiger partial charge on any atom is 0.264 e. The van der Waals surface area contributed by atoms with Crippen LogP contribution in [0.4, 0.5) is 5.69 Å². The molecule has 0 saturated heterocycles. The number of hydrogen-bond donors (Lipinski definition) is 1. The maximum absolute atomic E-state index is 13.5. The van der Waals surface area contributed by atoms with Gasteiger partial charge in [0.05, 0.1) is 30.3 Å². The standard InChI is InChI=1S/C25H27BrN2O5S/c1-4-33-21-13-11-20(12-14-21)28(34(30,31)22-15-9-19(26)10-16-22)17-25(29)27-18(2)23-7-5-6-8-24(23)32-3/h5-16,18H,4,17H2,1-3H3,(H,27,29)/t18-/m0/s1. The number of anilines is 1. The molecule has 1 atom stereocenters. The molecule has 3 aromatic carbocycles. The van der Waals surface area contributed by atoms with Gasteiger partial charge in [-0.25, -0.2) is 8.42 Å². The fraction of sp³-hybridized carbons (Fsp3) is 0.240. The Hall–Kier alpha value is -3.04. The van der Waals surface area contributed by atoms with Gasteiger partial charge in [0.25, 0.3) is 10.0 Å². The summed E-state index contributed by atoms with van der Waals surface area (Å²) in [7, 11) is -2.46. The second-order valence-electron chi connectivity index (χ2n) is 7.42. The number of carbonyl (C=O) groups excluding carboxylic acids is 1. The van der Waals surface area contributed by atoms with Crippen LogP contribution < -0.4 is 19.1 Å². The summed E-state index contributed by atoms with van der Waals surface area (Å²) in [5.74, 6) is 0.801. The first-order chi connectivity index (χ1) is 16.3. The first-order valence-electron chi connectivity index (χ1n) is 10.7. The van der Waals surface area contributed by atoms with E-state index in [0.29, 0.717) is 23.8 Å². The maximum atomic E-state index is 13.5. The zero-order chi connectivity index (χ0) is 24.7. The number of halogens is 1. The molecule has 0 aliphatic carbocycles. The van der Waals surface area contributed by atoms with E-state index in [-0.39, 0.29) is 10.9 Å². The Kier molecular flexibility index (Phi) is 8.57. The van der Waals surface area contributed by atoms with Crippen LogP contribution in [0.25, 0.3) is 0 Å². The summed E-state index contributed by atoms with van der Waals surface area (Å²) in [6, 6.07) is 19.9. The number of nitrogens with one attached hydrogen (secondary N) is 1. The molecule has 0 bridgehead atoms. The van der Waals surface area contributed by atoms with Crippen LogP contribution in [-0.2, 0) is 14.8 Å². The summed E-state index contributed by atoms with van der Waals surface area (Å²) in [6.07, 6.45) is 0. The molecule has 0 aliphatic heterocycles. The Labute approximate surface area is 208 Å². The van der Waals surface area contributed by atoms with Crippen LogP contribution in [0.3, 0.4) is 0 Å². The quantitative estimate of drug-likeness (QED) is 0.389. The van der Waals surface area contributed by atoms with Gasteiger partial charge >= 0.3 is 0 Å². The molecule has 9 heteroatoms. The number of benzene rings is 3. The average Bonchev–Trinajstić information content (AvgIpc) is 2.83. The SMILES string of the molecule is CCOc1ccc(N(CC(=O)N[C@@H](C)c2ccccc2OC)S(=O)(=O)c2ccc(Br)cc2)cc1. The number of hydrogen-bond acceptors (Lipinski definition) is 5. The summed E-state index contributed by atoms with van der Waals surface area (Å²) in [5, 5.41) is 2.88. The van der Waals surface area contributed by atoms with Crippen molar-refractivity contribution in [1.29, 1.82) is 0 Å². The van der Waals surface area contributed by atoms with Gasteiger partial charge in [0.15, 0.2) is 0 Å². The molecule has 0 aromatic heterocycles. The predicted molar refractivity (Wildman–Crippen MR) is 136 cm³/mol. The molecule has 0 spiro atoms. The zero-order valence-corrected chi connectivity index (χ0v) is 21.6. The Bertz CT molecular complexity index is 1210. The van der Waals surface area contributed by atoms with E-state index in [1.54, 1.807) is 43.5 Å². The van der Waals surface area contributed by atoms with Gasteiger partial charge in [-0.1, -0.05) is 34.1 Å². The highest BCUT2D eigenvalue weighted by Gasteiger charge is 2.28. The lowest BCUT2D eigenvalue weighted by molar-refractivity contribution is -0.120. The number of methoxy groups -OCH3 is 1. The van der Waals surface area contributed by atoms with Crippen molar-refractivity contribution in [2.75, 3.05) is 24.6 Å². The minimum Gasteiger partial charge on any atom is -0.496 e. The van der Waals surface area contributed by atoms with Crippen LogP contribution in [0.15, 0.2) is 82.2 Å². The molecule has 0 aliphatic rings. The number of rotatable bonds is 10. The fourth-order valence-electron chi connectivity index (χ4n) is 3.44. The van der Waals surface area contributed by atoms with Crippen LogP contribution in [0.5, 0.6) is 11.5 Å². The third kappa shape index (κ3) is 6.09. The molecule has 3 aromatic rings. The molecule has 0 fully saturated rings. The molecule has 34 heavy (non-hydrogen) atoms. The van der Waals surface area contributed by atoms with E-state index < -0.39 is 22.5 Å². The van der Waals surface area contributed by atoms with E-state index in [1.807, 2.05) is 38.1 Å². The van der Waals surface area contributed by atoms with Crippen molar-refractivity contribution in [2.24, 2.45) is 0 Å². The monoisotopic (exact) mass is 546 g/mol. The summed E-state index contributed by atoms with van der Waals surface area (Å²) in [4.78, 5) is 13.1. The second-order valence-corrected chi connectivity index (χ2v) is 10.2. The number of amides is 1. The smallest absolute Gasteiger partial charge is 0.264 e. The van der Waals surface area contributed by atoms with E-state index in [2.05, 4.69) is 21.2 Å². The summed E-state index contributed by atoms with van der Waals surface area (Å²) < 4.78 is 39.7. The molecule has 7 nitrogen and oxygen atoms in total. The van der Waals surface area contributed by atoms with Gasteiger partial charge in [-0.05, 0) is 68.4 Å². The second kappa shape index (κ2) is 11.4. The Morgan fingerprint density at radius 2 is 1.68 bits per heavy atom. The third-order valence-corrected chi connectivity index (χ3v) is 7.42. The highest BCUT2D eigenvalue weighted by atomic mass is 79.9. The first-order valence-corrected chi connectivity index (χ1v) is 12.9. The lowest BCUT2D eigenvalue weighted by atomic mass is 10.1. The summed E-state index contributed by atoms with van der Waals surface area (Å²) in [6.45, 7) is 3.78. The number of para-hydroxylation sites is 1. The molecule has 0 radical (unpaired) electrons. The zero-order valence-electron chi connectivity index (χ0n) is 19.2. The van der Waals surface area contributed by atoms with E-state index in [1.165, 1.54) is 12.1 Å². The number of sulfonamides is 1. The van der Waals surface area contributed by atoms with Crippen molar-refractivity contribution in [1.82, 2.24) is 5.32 Å². The van der Waals surface area contributed by atoms with Crippen LogP contribution in [0.2, 0.25) is 0 Å². The molecule has 1 N–H and O–H groups in total. The topological polar surface area (TPSA) is 84.9 Å². The van der Waals surface area contributed by atoms with Crippen molar-refractivity contribution in [2.45, 2.75) is 24.8 Å². The molecule has 0 saturated carbocycles. The van der Waals surface area contributed by atoms with Gasteiger partial charge in [0.2, 0.25) is 5.91 Å². The van der Waals surface area contributed by atoms with Gasteiger partial charge in [-0.3, -0.25) is 9.10 Å². The van der Waals surface area contributed by atoms with Crippen molar-refractivity contribution in [3.05, 3.63) is 82.8 Å². The van der Waals surface area contributed by atoms with Gasteiger partial charge < -0.3 is 14.8 Å². The molecular weight excluding hydrogens is 520 g/mol. The highest BCUT2D eigenvalue weighted by Crippen LogP contribution is 2.28. The Morgan fingerprint density at radius 3 is 2.29 bits per heavy atom. The van der Waals surface area contributed by atoms with E-state index in [0.717, 1.165) is 14.3 Å². The van der Waals surface area contributed by atoms with E-state index in [9.17, 15) is 13.2 Å². The lowest BCUT2D eigenvalue weighted by Crippen LogP contribution is -2.41. The van der Waals surface area contributed by atoms with Crippen molar-refractivity contribution >= 4 is 37.5 Å². The van der Waals surface area contributed by atoms with Crippen LogP contribution in [-0.4, -0.2) is 34.6 Å². The summed E-state index contributed by atoms with van der Waals surface area (Å²) in [5.41, 5.74) is 1.15. The minimum absolute atomic E-state index is 0.0789. The largest absolute Gasteiger partial charge is 0.496 e. The molecule has 3 rings (SSSR count). The van der Waals surface area contributed by atoms with E-state index in [4.69, 9.17) is 9.47 Å². The van der Waals surface area contributed by atoms with Gasteiger partial charge in [-0.15, -0.1) is 0 Å². The van der Waals surface area contributed by atoms with Crippen molar-refractivity contribution in [3.8, 4) is 11.5 Å². The molecule has 1 amide bonds. The van der Waals surface area contributed by atoms with Gasteiger partial charge in [0, 0.05) is 10.0 Å². The van der Waals surface area contributed by atoms with Crippen LogP contribution in [0, 0.1) is 0 Å². The van der Waals surface area contributed by atoms with Crippen LogP contribution >= 0.6 is 15.9 Å². The predicted octanol–water partition coefficient (Wildman–Crippen LogP) is 4.93. The average molecular weight is 547 g/mol. The van der Waals surface area contributed by atoms with Gasteiger partial charge in [0.1, 0.15) is 18.0 Å². The van der Waals surface area contributed by atoms with E-state index >= 15 is 0 Å². The van der Waals surface area contributed by atoms with Crippen LogP contribution in [0.1, 0.15) is 25.5 Å². The van der Waals surface area contributed by atoms with Gasteiger partial charge in [-0.2, -0.15) is 0 Å². The molecule has 0 unspecified atom stereocenters. The number of carbonyl (C=O) groups is 1. The molecule has 180 valence electrons. The first kappa shape index (κ1) is 25.6. The van der Waals surface area contributed by atoms with Crippen molar-refractivity contribution in [3.63, 3.8) is 0 Å². The molecule has 0 heterocycles. The van der Waals surface area contributed by atoms with Crippen molar-refractivity contribution < 1.29 is 22.7 Å². The lowest BCUT2D eigenvalue weighted by Gasteiger charge is -2.25. The summed E-state index contributed by atoms with van der Waals surface area (Å²) >= 11 is 3.32. The third-order valence-electron chi connectivity index (χ3n) is 5.11. The normalized spacial score (nSPS) is 12.0. The Balaban J connectivity index is 1.90. The Morgan fingerprint density at radius 1 is 1.03 bits per heavy atom. The highest BCUT2D eigenvalue weighted by molar-refractivity contribution is 9.10. The number of nitrogens with zero attached hydrogens (tertiary/aromatic N) is 1.